The molecule has 2 aromatic heterocycles. The minimum atomic E-state index is -2.02. The summed E-state index contributed by atoms with van der Waals surface area (Å²) in [6.45, 7) is 3.67. The first-order valence-corrected chi connectivity index (χ1v) is 8.39. The molecule has 23 heavy (non-hydrogen) atoms. The van der Waals surface area contributed by atoms with Crippen LogP contribution < -0.4 is 5.32 Å². The van der Waals surface area contributed by atoms with E-state index < -0.39 is 9.70 Å². The highest BCUT2D eigenvalue weighted by Gasteiger charge is 2.31. The van der Waals surface area contributed by atoms with Gasteiger partial charge in [0.25, 0.3) is 9.70 Å². The number of amides is 1. The minimum Gasteiger partial charge on any atom is -0.322 e. The molecule has 0 saturated heterocycles. The number of benzene rings is 1. The second-order valence-corrected chi connectivity index (χ2v) is 8.07. The van der Waals surface area contributed by atoms with Crippen LogP contribution in [0.25, 0.3) is 15.5 Å². The Balaban J connectivity index is 1.98. The van der Waals surface area contributed by atoms with Gasteiger partial charge in [-0.3, -0.25) is 4.79 Å². The van der Waals surface area contributed by atoms with Gasteiger partial charge in [0.05, 0.1) is 0 Å². The number of alkyl halides is 3. The molecule has 0 spiro atoms. The second-order valence-electron chi connectivity index (χ2n) is 4.83. The molecule has 6 nitrogen and oxygen atoms in total. The first-order valence-electron chi connectivity index (χ1n) is 6.44. The molecular formula is C13H10Cl3N5OS. The van der Waals surface area contributed by atoms with Crippen LogP contribution in [0.2, 0.25) is 0 Å². The third-order valence-electron chi connectivity index (χ3n) is 3.14. The number of hydrogen-bond donors (Lipinski definition) is 1. The summed E-state index contributed by atoms with van der Waals surface area (Å²) >= 11 is 18.2. The molecule has 0 fully saturated rings. The summed E-state index contributed by atoms with van der Waals surface area (Å²) in [6.07, 6.45) is 0. The van der Waals surface area contributed by atoms with Crippen molar-refractivity contribution in [3.8, 4) is 10.6 Å². The summed E-state index contributed by atoms with van der Waals surface area (Å²) in [5.74, 6) is -0.00363. The first kappa shape index (κ1) is 16.4. The van der Waals surface area contributed by atoms with Crippen LogP contribution in [0.1, 0.15) is 11.4 Å². The van der Waals surface area contributed by atoms with Gasteiger partial charge < -0.3 is 5.32 Å². The maximum atomic E-state index is 11.8. The maximum Gasteiger partial charge on any atom is 0.276 e. The molecule has 1 N–H and O–H groups in total. The zero-order valence-electron chi connectivity index (χ0n) is 12.0. The van der Waals surface area contributed by atoms with E-state index in [4.69, 9.17) is 34.8 Å². The molecule has 1 aromatic carbocycles. The van der Waals surface area contributed by atoms with E-state index >= 15 is 0 Å². The lowest BCUT2D eigenvalue weighted by Crippen LogP contribution is -2.27. The number of anilines is 1. The zero-order valence-corrected chi connectivity index (χ0v) is 15.1. The molecule has 0 bridgehead atoms. The average molecular weight is 391 g/mol. The topological polar surface area (TPSA) is 72.2 Å². The quantitative estimate of drug-likeness (QED) is 0.676. The van der Waals surface area contributed by atoms with Crippen molar-refractivity contribution in [2.75, 3.05) is 5.32 Å². The molecule has 0 atom stereocenters. The van der Waals surface area contributed by atoms with E-state index in [1.807, 2.05) is 26.0 Å². The summed E-state index contributed by atoms with van der Waals surface area (Å²) in [4.78, 5) is 12.5. The van der Waals surface area contributed by atoms with E-state index in [2.05, 4.69) is 20.6 Å². The highest BCUT2D eigenvalue weighted by atomic mass is 35.6. The van der Waals surface area contributed by atoms with Crippen LogP contribution in [0.3, 0.4) is 0 Å². The monoisotopic (exact) mass is 389 g/mol. The van der Waals surface area contributed by atoms with Gasteiger partial charge in [-0.15, -0.1) is 10.2 Å². The highest BCUT2D eigenvalue weighted by molar-refractivity contribution is 7.19. The van der Waals surface area contributed by atoms with Crippen molar-refractivity contribution >= 4 is 62.7 Å². The Labute approximate surface area is 150 Å². The molecule has 0 saturated carbocycles. The lowest BCUT2D eigenvalue weighted by Gasteiger charge is -2.13. The lowest BCUT2D eigenvalue weighted by molar-refractivity contribution is -0.115. The molecule has 0 radical (unpaired) electrons. The second kappa shape index (κ2) is 5.90. The predicted octanol–water partition coefficient (Wildman–Crippen LogP) is 3.78. The van der Waals surface area contributed by atoms with E-state index in [1.54, 1.807) is 10.6 Å². The number of aromatic nitrogens is 4. The lowest BCUT2D eigenvalue weighted by atomic mass is 10.1. The number of halogens is 3. The largest absolute Gasteiger partial charge is 0.322 e. The Kier molecular flexibility index (Phi) is 4.22. The number of carbonyl (C=O) groups is 1. The molecule has 10 heteroatoms. The summed E-state index contributed by atoms with van der Waals surface area (Å²) in [5, 5.41) is 15.8. The van der Waals surface area contributed by atoms with E-state index in [9.17, 15) is 4.79 Å². The molecule has 0 unspecified atom stereocenters. The summed E-state index contributed by atoms with van der Waals surface area (Å²) in [6, 6.07) is 5.55. The van der Waals surface area contributed by atoms with Crippen LogP contribution in [-0.4, -0.2) is 29.5 Å². The Hall–Kier alpha value is -1.41. The van der Waals surface area contributed by atoms with Crippen molar-refractivity contribution in [2.24, 2.45) is 0 Å². The summed E-state index contributed by atoms with van der Waals surface area (Å²) in [5.41, 5.74) is 2.22. The van der Waals surface area contributed by atoms with Crippen LogP contribution in [0.4, 0.5) is 5.69 Å². The number of rotatable bonds is 2. The van der Waals surface area contributed by atoms with E-state index in [0.717, 1.165) is 16.1 Å². The van der Waals surface area contributed by atoms with Crippen molar-refractivity contribution in [1.82, 2.24) is 19.8 Å². The number of nitrogens with one attached hydrogen (secondary N) is 1. The molecule has 3 rings (SSSR count). The number of carbonyl (C=O) groups excluding carboxylic acids is 1. The zero-order chi connectivity index (χ0) is 16.8. The van der Waals surface area contributed by atoms with Gasteiger partial charge in [-0.05, 0) is 25.5 Å². The number of hydrogen-bond acceptors (Lipinski definition) is 5. The van der Waals surface area contributed by atoms with E-state index in [-0.39, 0.29) is 0 Å². The fourth-order valence-corrected chi connectivity index (χ4v) is 2.94. The van der Waals surface area contributed by atoms with Crippen LogP contribution in [0.5, 0.6) is 0 Å². The molecule has 3 aromatic rings. The van der Waals surface area contributed by atoms with Crippen LogP contribution in [0.15, 0.2) is 18.2 Å². The minimum absolute atomic E-state index is 0.557. The third kappa shape index (κ3) is 3.28. The standard InChI is InChI=1S/C13H10Cl3N5OS/c1-6-3-4-8(5-9(6)17-11(22)13(14,15)16)10-20-21-7(2)18-19-12(21)23-10/h3-5H,1-2H3,(H,17,22). The third-order valence-corrected chi connectivity index (χ3v) is 4.60. The van der Waals surface area contributed by atoms with Gasteiger partial charge in [0, 0.05) is 11.3 Å². The van der Waals surface area contributed by atoms with Gasteiger partial charge in [-0.1, -0.05) is 58.3 Å². The van der Waals surface area contributed by atoms with Crippen molar-refractivity contribution in [3.63, 3.8) is 0 Å². The van der Waals surface area contributed by atoms with Gasteiger partial charge in [-0.2, -0.15) is 9.61 Å². The first-order chi connectivity index (χ1) is 10.8. The van der Waals surface area contributed by atoms with Gasteiger partial charge in [-0.25, -0.2) is 0 Å². The summed E-state index contributed by atoms with van der Waals surface area (Å²) in [7, 11) is 0. The van der Waals surface area contributed by atoms with Crippen molar-refractivity contribution < 1.29 is 4.79 Å². The van der Waals surface area contributed by atoms with Crippen molar-refractivity contribution in [1.29, 1.82) is 0 Å². The highest BCUT2D eigenvalue weighted by Crippen LogP contribution is 2.31. The Bertz CT molecular complexity index is 899. The number of nitrogens with zero attached hydrogens (tertiary/aromatic N) is 4. The van der Waals surface area contributed by atoms with Gasteiger partial charge >= 0.3 is 0 Å². The van der Waals surface area contributed by atoms with Gasteiger partial charge in [0.1, 0.15) is 5.01 Å². The van der Waals surface area contributed by atoms with Crippen molar-refractivity contribution in [3.05, 3.63) is 29.6 Å². The van der Waals surface area contributed by atoms with Gasteiger partial charge in [0.15, 0.2) is 5.82 Å². The molecule has 0 aliphatic carbocycles. The SMILES string of the molecule is Cc1ccc(-c2nn3c(C)nnc3s2)cc1NC(=O)C(Cl)(Cl)Cl. The van der Waals surface area contributed by atoms with E-state index in [0.29, 0.717) is 16.5 Å². The van der Waals surface area contributed by atoms with Crippen LogP contribution >= 0.6 is 46.1 Å². The molecular weight excluding hydrogens is 381 g/mol. The number of aryl methyl sites for hydroxylation is 2. The molecule has 0 aliphatic rings. The molecule has 0 aliphatic heterocycles. The number of fused-ring (bicyclic) bond motifs is 1. The van der Waals surface area contributed by atoms with Gasteiger partial charge in [0.2, 0.25) is 4.96 Å². The smallest absolute Gasteiger partial charge is 0.276 e. The predicted molar refractivity (Wildman–Crippen MR) is 92.5 cm³/mol. The molecule has 2 heterocycles. The Morgan fingerprint density at radius 2 is 2.00 bits per heavy atom. The Morgan fingerprint density at radius 1 is 1.26 bits per heavy atom. The average Bonchev–Trinajstić information content (AvgIpc) is 3.03. The Morgan fingerprint density at radius 3 is 2.65 bits per heavy atom. The molecule has 120 valence electrons. The summed E-state index contributed by atoms with van der Waals surface area (Å²) < 4.78 is -0.355. The fraction of sp³-hybridized carbons (Fsp3) is 0.231. The fourth-order valence-electron chi connectivity index (χ4n) is 1.91. The van der Waals surface area contributed by atoms with Crippen LogP contribution in [-0.2, 0) is 4.79 Å². The van der Waals surface area contributed by atoms with Crippen LogP contribution in [0, 0.1) is 13.8 Å². The molecule has 1 amide bonds. The normalized spacial score (nSPS) is 11.9. The van der Waals surface area contributed by atoms with Crippen molar-refractivity contribution in [2.45, 2.75) is 17.6 Å². The van der Waals surface area contributed by atoms with E-state index in [1.165, 1.54) is 11.3 Å². The maximum absolute atomic E-state index is 11.8.